The molecule has 27 heavy (non-hydrogen) atoms. The van der Waals surface area contributed by atoms with Gasteiger partial charge in [0, 0.05) is 11.2 Å². The highest BCUT2D eigenvalue weighted by atomic mass is 79.9. The van der Waals surface area contributed by atoms with E-state index in [4.69, 9.17) is 11.6 Å². The smallest absolute Gasteiger partial charge is 0.249 e. The van der Waals surface area contributed by atoms with Gasteiger partial charge in [0.25, 0.3) is 0 Å². The fourth-order valence-electron chi connectivity index (χ4n) is 2.80. The van der Waals surface area contributed by atoms with Crippen LogP contribution < -0.4 is 5.32 Å². The van der Waals surface area contributed by atoms with Crippen LogP contribution in [0.25, 0.3) is 0 Å². The van der Waals surface area contributed by atoms with Crippen LogP contribution in [0, 0.1) is 20.8 Å². The van der Waals surface area contributed by atoms with Gasteiger partial charge in [0.05, 0.1) is 33.8 Å². The van der Waals surface area contributed by atoms with E-state index in [2.05, 4.69) is 31.4 Å². The number of aryl methyl sites for hydroxylation is 2. The third-order valence-corrected chi connectivity index (χ3v) is 5.54. The van der Waals surface area contributed by atoms with Gasteiger partial charge in [0.15, 0.2) is 0 Å². The number of hydrogen-bond acceptors (Lipinski definition) is 3. The fourth-order valence-corrected chi connectivity index (χ4v) is 3.22. The summed E-state index contributed by atoms with van der Waals surface area (Å²) in [6, 6.07) is 7.22. The number of nitrogens with one attached hydrogen (secondary N) is 1. The van der Waals surface area contributed by atoms with Crippen LogP contribution in [0.5, 0.6) is 0 Å². The Labute approximate surface area is 171 Å². The summed E-state index contributed by atoms with van der Waals surface area (Å²) in [5.41, 5.74) is 4.36. The number of rotatable bonds is 5. The largest absolute Gasteiger partial charge is 0.321 e. The molecule has 0 bridgehead atoms. The minimum atomic E-state index is -0.437. The summed E-state index contributed by atoms with van der Waals surface area (Å²) in [5.74, 6) is -0.137. The molecule has 0 spiro atoms. The Morgan fingerprint density at radius 1 is 1.19 bits per heavy atom. The van der Waals surface area contributed by atoms with Crippen LogP contribution >= 0.6 is 27.5 Å². The van der Waals surface area contributed by atoms with E-state index in [1.54, 1.807) is 4.68 Å². The monoisotopic (exact) mass is 449 g/mol. The number of aromatic nitrogens is 4. The van der Waals surface area contributed by atoms with E-state index in [9.17, 15) is 4.79 Å². The van der Waals surface area contributed by atoms with Crippen molar-refractivity contribution in [1.29, 1.82) is 0 Å². The zero-order chi connectivity index (χ0) is 19.7. The lowest BCUT2D eigenvalue weighted by molar-refractivity contribution is -0.119. The van der Waals surface area contributed by atoms with Crippen LogP contribution in [0.3, 0.4) is 0 Å². The molecule has 0 aliphatic heterocycles. The first-order chi connectivity index (χ1) is 12.8. The molecule has 1 atom stereocenters. The van der Waals surface area contributed by atoms with E-state index in [1.807, 2.05) is 62.8 Å². The second kappa shape index (κ2) is 7.86. The Bertz CT molecular complexity index is 957. The lowest BCUT2D eigenvalue weighted by Crippen LogP contribution is -2.24. The maximum atomic E-state index is 12.7. The van der Waals surface area contributed by atoms with Crippen molar-refractivity contribution < 1.29 is 4.79 Å². The molecule has 3 aromatic rings. The Morgan fingerprint density at radius 3 is 2.44 bits per heavy atom. The van der Waals surface area contributed by atoms with Gasteiger partial charge in [-0.3, -0.25) is 14.2 Å². The third-order valence-electron chi connectivity index (χ3n) is 4.51. The van der Waals surface area contributed by atoms with Crippen LogP contribution in [0.1, 0.15) is 35.6 Å². The molecule has 6 nitrogen and oxygen atoms in total. The number of carbonyl (C=O) groups is 1. The van der Waals surface area contributed by atoms with Crippen molar-refractivity contribution in [2.24, 2.45) is 0 Å². The molecule has 3 rings (SSSR count). The summed E-state index contributed by atoms with van der Waals surface area (Å²) in [5, 5.41) is 12.6. The van der Waals surface area contributed by atoms with Crippen molar-refractivity contribution >= 4 is 39.1 Å². The number of halogens is 2. The van der Waals surface area contributed by atoms with Crippen molar-refractivity contribution in [2.45, 2.75) is 40.3 Å². The van der Waals surface area contributed by atoms with Crippen molar-refractivity contribution in [2.75, 3.05) is 5.32 Å². The Hall–Kier alpha value is -2.12. The summed E-state index contributed by atoms with van der Waals surface area (Å²) in [4.78, 5) is 12.7. The van der Waals surface area contributed by atoms with Crippen molar-refractivity contribution in [3.8, 4) is 0 Å². The second-order valence-electron chi connectivity index (χ2n) is 6.54. The number of amides is 1. The molecule has 2 aromatic heterocycles. The number of benzene rings is 1. The topological polar surface area (TPSA) is 64.7 Å². The highest BCUT2D eigenvalue weighted by Gasteiger charge is 2.21. The lowest BCUT2D eigenvalue weighted by atomic mass is 10.2. The number of carbonyl (C=O) groups excluding carboxylic acids is 1. The second-order valence-corrected chi connectivity index (χ2v) is 7.83. The summed E-state index contributed by atoms with van der Waals surface area (Å²) >= 11 is 9.37. The molecule has 1 unspecified atom stereocenters. The van der Waals surface area contributed by atoms with E-state index < -0.39 is 6.04 Å². The number of hydrogen-bond donors (Lipinski definition) is 1. The summed E-state index contributed by atoms with van der Waals surface area (Å²) in [6.07, 6.45) is 1.81. The van der Waals surface area contributed by atoms with E-state index in [0.29, 0.717) is 11.6 Å². The molecule has 1 N–H and O–H groups in total. The van der Waals surface area contributed by atoms with Crippen LogP contribution in [0.4, 0.5) is 5.69 Å². The van der Waals surface area contributed by atoms with Crippen LogP contribution in [-0.4, -0.2) is 25.5 Å². The van der Waals surface area contributed by atoms with Crippen LogP contribution in [0.15, 0.2) is 34.9 Å². The normalized spacial score (nSPS) is 12.2. The molecular formula is C19H21BrClN5O. The van der Waals surface area contributed by atoms with Crippen molar-refractivity contribution in [3.63, 3.8) is 0 Å². The van der Waals surface area contributed by atoms with Gasteiger partial charge in [-0.05, 0) is 61.3 Å². The molecular weight excluding hydrogens is 430 g/mol. The van der Waals surface area contributed by atoms with Crippen molar-refractivity contribution in [3.05, 3.63) is 62.6 Å². The Balaban J connectivity index is 1.77. The van der Waals surface area contributed by atoms with E-state index in [-0.39, 0.29) is 5.91 Å². The van der Waals surface area contributed by atoms with E-state index in [0.717, 1.165) is 32.8 Å². The Morgan fingerprint density at radius 2 is 1.85 bits per heavy atom. The molecule has 142 valence electrons. The predicted octanol–water partition coefficient (Wildman–Crippen LogP) is 4.67. The molecule has 0 saturated heterocycles. The molecule has 0 radical (unpaired) electrons. The van der Waals surface area contributed by atoms with Crippen LogP contribution in [-0.2, 0) is 11.3 Å². The SMILES string of the molecule is Cc1nn(C(C)C(=O)Nc2c(C)nn(Cc3ccc(Cl)cc3)c2C)cc1Br. The maximum absolute atomic E-state index is 12.7. The third kappa shape index (κ3) is 4.25. The highest BCUT2D eigenvalue weighted by Crippen LogP contribution is 2.23. The Kier molecular flexibility index (Phi) is 5.72. The van der Waals surface area contributed by atoms with Gasteiger partial charge in [0.2, 0.25) is 5.91 Å². The number of anilines is 1. The first-order valence-electron chi connectivity index (χ1n) is 8.57. The van der Waals surface area contributed by atoms with E-state index in [1.165, 1.54) is 0 Å². The average molecular weight is 451 g/mol. The van der Waals surface area contributed by atoms with Gasteiger partial charge < -0.3 is 5.32 Å². The summed E-state index contributed by atoms with van der Waals surface area (Å²) in [7, 11) is 0. The van der Waals surface area contributed by atoms with Crippen LogP contribution in [0.2, 0.25) is 5.02 Å². The fraction of sp³-hybridized carbons (Fsp3) is 0.316. The van der Waals surface area contributed by atoms with Gasteiger partial charge in [-0.15, -0.1) is 0 Å². The van der Waals surface area contributed by atoms with Gasteiger partial charge in [-0.25, -0.2) is 0 Å². The van der Waals surface area contributed by atoms with Gasteiger partial charge >= 0.3 is 0 Å². The standard InChI is InChI=1S/C19H21BrClN5O/c1-11-17(20)10-26(23-11)14(4)19(27)22-18-12(2)24-25(13(18)3)9-15-5-7-16(21)8-6-15/h5-8,10,14H,9H2,1-4H3,(H,22,27). The zero-order valence-electron chi connectivity index (χ0n) is 15.6. The quantitative estimate of drug-likeness (QED) is 0.614. The molecule has 0 saturated carbocycles. The predicted molar refractivity (Wildman–Crippen MR) is 110 cm³/mol. The molecule has 0 fully saturated rings. The molecule has 8 heteroatoms. The molecule has 0 aliphatic rings. The number of nitrogens with zero attached hydrogens (tertiary/aromatic N) is 4. The minimum Gasteiger partial charge on any atom is -0.321 e. The van der Waals surface area contributed by atoms with Gasteiger partial charge in [-0.1, -0.05) is 23.7 Å². The molecule has 1 aromatic carbocycles. The first-order valence-corrected chi connectivity index (χ1v) is 9.74. The molecule has 2 heterocycles. The zero-order valence-corrected chi connectivity index (χ0v) is 18.0. The highest BCUT2D eigenvalue weighted by molar-refractivity contribution is 9.10. The van der Waals surface area contributed by atoms with Gasteiger partial charge in [0.1, 0.15) is 6.04 Å². The lowest BCUT2D eigenvalue weighted by Gasteiger charge is -2.13. The van der Waals surface area contributed by atoms with Crippen molar-refractivity contribution in [1.82, 2.24) is 19.6 Å². The average Bonchev–Trinajstić information content (AvgIpc) is 3.10. The minimum absolute atomic E-state index is 0.137. The van der Waals surface area contributed by atoms with Gasteiger partial charge in [-0.2, -0.15) is 10.2 Å². The van der Waals surface area contributed by atoms with E-state index >= 15 is 0 Å². The first kappa shape index (κ1) is 19.6. The summed E-state index contributed by atoms with van der Waals surface area (Å²) in [6.45, 7) is 8.16. The molecule has 1 amide bonds. The maximum Gasteiger partial charge on any atom is 0.249 e. The molecule has 0 aliphatic carbocycles. The summed E-state index contributed by atoms with van der Waals surface area (Å²) < 4.78 is 4.41.